The molecule has 8 rings (SSSR count). The standard InChI is InChI=1S/C29H40ClN5O5.C28H38ClN5O6/c1-19(36)24-13-9-15-34(24)27(37)25-22(16-20-10-6-7-12-23(20)30)26(35(32-25)18-39-5)33-14-8-11-21(17-33)31-28(38)40-29(2,3)4;1-28(2,3)40-27(38)30-19-10-7-13-32(16-19)24-20(15-18-9-5-6-11-21(18)29)23(31-34(24)17-39-4)25(35)33-14-8-12-22(33)26(36)37/h6-7,10,12,21,24H,8-9,11,13-18H2,1-5H3,(H,31,38);5-6,9,11,19,22H,7-8,10,12-17H2,1-4H3,(H,30,38)(H,36,37)/t21-,24?;19-,22?/m11/s1. The number of piperidine rings is 2. The maximum absolute atomic E-state index is 14.0. The van der Waals surface area contributed by atoms with E-state index in [0.29, 0.717) is 98.5 Å². The van der Waals surface area contributed by atoms with Gasteiger partial charge in [-0.25, -0.2) is 23.7 Å². The molecule has 6 heterocycles. The average molecular weight is 1150 g/mol. The number of rotatable bonds is 16. The number of carbonyl (C=O) groups is 6. The predicted molar refractivity (Wildman–Crippen MR) is 303 cm³/mol. The minimum atomic E-state index is -1.03. The molecule has 0 spiro atoms. The van der Waals surface area contributed by atoms with Gasteiger partial charge in [-0.3, -0.25) is 14.4 Å². The van der Waals surface area contributed by atoms with E-state index in [4.69, 9.17) is 47.2 Å². The number of Topliss-reactive ketones (excluding diaryl/α,β-unsaturated/α-hetero) is 1. The molecule has 2 unspecified atom stereocenters. The lowest BCUT2D eigenvalue weighted by Gasteiger charge is -2.35. The van der Waals surface area contributed by atoms with Gasteiger partial charge in [0.25, 0.3) is 11.8 Å². The summed E-state index contributed by atoms with van der Waals surface area (Å²) in [6.45, 7) is 15.9. The predicted octanol–water partition coefficient (Wildman–Crippen LogP) is 8.33. The van der Waals surface area contributed by atoms with Crippen LogP contribution >= 0.6 is 23.2 Å². The number of aliphatic carboxylic acids is 1. The third-order valence-corrected chi connectivity index (χ3v) is 15.0. The van der Waals surface area contributed by atoms with Crippen molar-refractivity contribution in [1.29, 1.82) is 0 Å². The third-order valence-electron chi connectivity index (χ3n) is 14.3. The number of carboxylic acids is 1. The molecule has 2 aromatic carbocycles. The number of halogens is 2. The molecule has 0 aliphatic carbocycles. The van der Waals surface area contributed by atoms with Crippen molar-refractivity contribution in [2.45, 2.75) is 162 Å². The number of carboxylic acid groups (broad SMARTS) is 1. The Bertz CT molecular complexity index is 2670. The van der Waals surface area contributed by atoms with Crippen molar-refractivity contribution in [1.82, 2.24) is 40.0 Å². The summed E-state index contributed by atoms with van der Waals surface area (Å²) in [5.41, 5.74) is 2.31. The van der Waals surface area contributed by atoms with Crippen LogP contribution in [-0.4, -0.2) is 159 Å². The number of hydrogen-bond donors (Lipinski definition) is 3. The molecule has 4 aliphatic rings. The smallest absolute Gasteiger partial charge is 0.407 e. The van der Waals surface area contributed by atoms with Gasteiger partial charge in [0.15, 0.2) is 17.2 Å². The zero-order chi connectivity index (χ0) is 58.1. The Kier molecular flexibility index (Phi) is 20.6. The van der Waals surface area contributed by atoms with Gasteiger partial charge in [-0.1, -0.05) is 59.6 Å². The highest BCUT2D eigenvalue weighted by molar-refractivity contribution is 6.31. The van der Waals surface area contributed by atoms with Crippen LogP contribution < -0.4 is 20.4 Å². The molecule has 0 bridgehead atoms. The fraction of sp³-hybridized carbons (Fsp3) is 0.579. The quantitative estimate of drug-likeness (QED) is 0.0957. The number of anilines is 2. The molecular weight excluding hydrogens is 1070 g/mol. The fourth-order valence-corrected chi connectivity index (χ4v) is 11.3. The number of methoxy groups -OCH3 is 2. The van der Waals surface area contributed by atoms with E-state index in [1.807, 2.05) is 84.0 Å². The van der Waals surface area contributed by atoms with Gasteiger partial charge in [0, 0.05) is 99.6 Å². The van der Waals surface area contributed by atoms with E-state index in [2.05, 4.69) is 25.5 Å². The van der Waals surface area contributed by atoms with Crippen molar-refractivity contribution < 1.29 is 52.8 Å². The molecule has 4 amide bonds. The molecule has 4 fully saturated rings. The summed E-state index contributed by atoms with van der Waals surface area (Å²) in [6.07, 6.45) is 5.36. The van der Waals surface area contributed by atoms with E-state index >= 15 is 0 Å². The van der Waals surface area contributed by atoms with Crippen LogP contribution in [0, 0.1) is 0 Å². The molecule has 0 radical (unpaired) electrons. The maximum Gasteiger partial charge on any atom is 0.407 e. The van der Waals surface area contributed by atoms with E-state index in [1.54, 1.807) is 34.5 Å². The van der Waals surface area contributed by atoms with Gasteiger partial charge >= 0.3 is 18.2 Å². The number of likely N-dealkylation sites (tertiary alicyclic amines) is 2. The van der Waals surface area contributed by atoms with Gasteiger partial charge in [0.05, 0.1) is 6.04 Å². The number of amides is 4. The fourth-order valence-electron chi connectivity index (χ4n) is 10.9. The van der Waals surface area contributed by atoms with Crippen molar-refractivity contribution in [3.63, 3.8) is 0 Å². The normalized spacial score (nSPS) is 19.5. The van der Waals surface area contributed by atoms with Crippen molar-refractivity contribution in [3.8, 4) is 0 Å². The third kappa shape index (κ3) is 15.5. The van der Waals surface area contributed by atoms with E-state index in [1.165, 1.54) is 11.8 Å². The molecule has 23 heteroatoms. The topological polar surface area (TPSA) is 232 Å². The highest BCUT2D eigenvalue weighted by Crippen LogP contribution is 2.36. The first kappa shape index (κ1) is 61.2. The number of hydrogen-bond acceptors (Lipinski definition) is 14. The summed E-state index contributed by atoms with van der Waals surface area (Å²) in [4.78, 5) is 84.4. The van der Waals surface area contributed by atoms with Gasteiger partial charge in [-0.05, 0) is 123 Å². The number of ketones is 1. The molecule has 4 aromatic rings. The Balaban J connectivity index is 0.000000231. The van der Waals surface area contributed by atoms with E-state index in [-0.39, 0.29) is 42.9 Å². The van der Waals surface area contributed by atoms with Gasteiger partial charge in [-0.15, -0.1) is 0 Å². The summed E-state index contributed by atoms with van der Waals surface area (Å²) < 4.78 is 25.2. The summed E-state index contributed by atoms with van der Waals surface area (Å²) in [6, 6.07) is 13.3. The lowest BCUT2D eigenvalue weighted by atomic mass is 10.0. The van der Waals surface area contributed by atoms with E-state index in [0.717, 1.165) is 54.6 Å². The van der Waals surface area contributed by atoms with Crippen LogP contribution in [0.3, 0.4) is 0 Å². The second-order valence-corrected chi connectivity index (χ2v) is 23.6. The van der Waals surface area contributed by atoms with Crippen LogP contribution in [0.2, 0.25) is 10.0 Å². The highest BCUT2D eigenvalue weighted by atomic mass is 35.5. The first-order valence-corrected chi connectivity index (χ1v) is 28.2. The monoisotopic (exact) mass is 1150 g/mol. The number of benzene rings is 2. The molecule has 2 aromatic heterocycles. The molecule has 80 heavy (non-hydrogen) atoms. The van der Waals surface area contributed by atoms with Crippen LogP contribution in [0.15, 0.2) is 48.5 Å². The number of alkyl carbamates (subject to hydrolysis) is 2. The van der Waals surface area contributed by atoms with Crippen molar-refractivity contribution in [2.75, 3.05) is 63.3 Å². The molecule has 436 valence electrons. The minimum absolute atomic E-state index is 0.0258. The zero-order valence-electron chi connectivity index (χ0n) is 47.5. The Morgan fingerprint density at radius 2 is 0.988 bits per heavy atom. The molecule has 21 nitrogen and oxygen atoms in total. The van der Waals surface area contributed by atoms with Gasteiger partial charge < -0.3 is 54.3 Å². The maximum atomic E-state index is 14.0. The van der Waals surface area contributed by atoms with Crippen LogP contribution in [0.1, 0.15) is 143 Å². The molecule has 4 aliphatic heterocycles. The van der Waals surface area contributed by atoms with Gasteiger partial charge in [-0.2, -0.15) is 10.2 Å². The van der Waals surface area contributed by atoms with Crippen LogP contribution in [-0.2, 0) is 54.8 Å². The van der Waals surface area contributed by atoms with E-state index < -0.39 is 47.3 Å². The molecule has 0 saturated carbocycles. The Labute approximate surface area is 478 Å². The van der Waals surface area contributed by atoms with Crippen molar-refractivity contribution >= 4 is 70.6 Å². The SMILES string of the molecule is COCn1nc(C(=O)N2CCCC2C(=O)O)c(Cc2ccccc2Cl)c1N1CCC[C@@H](NC(=O)OC(C)(C)C)C1.COCn1nc(C(=O)N2CCCC2C(C)=O)c(Cc2ccccc2Cl)c1N1CCC[C@@H](NC(=O)OC(C)(C)C)C1. The summed E-state index contributed by atoms with van der Waals surface area (Å²) in [7, 11) is 3.13. The summed E-state index contributed by atoms with van der Waals surface area (Å²) in [5.74, 6) is -0.310. The lowest BCUT2D eigenvalue weighted by molar-refractivity contribution is -0.141. The Morgan fingerprint density at radius 1 is 0.600 bits per heavy atom. The lowest BCUT2D eigenvalue weighted by Crippen LogP contribution is -2.49. The summed E-state index contributed by atoms with van der Waals surface area (Å²) in [5, 5.41) is 26.3. The van der Waals surface area contributed by atoms with Crippen LogP contribution in [0.25, 0.3) is 0 Å². The molecule has 4 saturated heterocycles. The number of aromatic nitrogens is 4. The van der Waals surface area contributed by atoms with E-state index in [9.17, 15) is 33.9 Å². The second kappa shape index (κ2) is 26.9. The highest BCUT2D eigenvalue weighted by Gasteiger charge is 2.40. The Hall–Kier alpha value is -6.42. The van der Waals surface area contributed by atoms with Gasteiger partial charge in [0.1, 0.15) is 42.3 Å². The zero-order valence-corrected chi connectivity index (χ0v) is 49.0. The average Bonchev–Trinajstić information content (AvgIpc) is 4.21. The summed E-state index contributed by atoms with van der Waals surface area (Å²) >= 11 is 13.1. The Morgan fingerprint density at radius 3 is 1.36 bits per heavy atom. The number of ether oxygens (including phenoxy) is 4. The molecule has 4 atom stereocenters. The first-order valence-electron chi connectivity index (χ1n) is 27.4. The molecular formula is C57H78Cl2N10O11. The van der Waals surface area contributed by atoms with Crippen molar-refractivity contribution in [2.24, 2.45) is 0 Å². The second-order valence-electron chi connectivity index (χ2n) is 22.8. The minimum Gasteiger partial charge on any atom is -0.480 e. The first-order chi connectivity index (χ1) is 38.0. The van der Waals surface area contributed by atoms with Crippen molar-refractivity contribution in [3.05, 3.63) is 92.2 Å². The van der Waals surface area contributed by atoms with Crippen LogP contribution in [0.4, 0.5) is 21.2 Å². The van der Waals surface area contributed by atoms with Gasteiger partial charge in [0.2, 0.25) is 0 Å². The number of nitrogens with zero attached hydrogens (tertiary/aromatic N) is 8. The molecule has 3 N–H and O–H groups in total. The largest absolute Gasteiger partial charge is 0.480 e. The number of carbonyl (C=O) groups excluding carboxylic acids is 5. The van der Waals surface area contributed by atoms with Crippen LogP contribution in [0.5, 0.6) is 0 Å². The number of nitrogens with one attached hydrogen (secondary N) is 2.